The molecule has 0 heterocycles. The zero-order valence-electron chi connectivity index (χ0n) is 8.96. The number of hydrogen-bond acceptors (Lipinski definition) is 1. The molecule has 0 aromatic heterocycles. The van der Waals surface area contributed by atoms with Crippen LogP contribution in [0.2, 0.25) is 0 Å². The van der Waals surface area contributed by atoms with Gasteiger partial charge in [-0.3, -0.25) is 4.99 Å². The lowest BCUT2D eigenvalue weighted by molar-refractivity contribution is 0.431. The zero-order valence-corrected chi connectivity index (χ0v) is 8.96. The highest BCUT2D eigenvalue weighted by atomic mass is 14.6. The van der Waals surface area contributed by atoms with Gasteiger partial charge in [0.1, 0.15) is 0 Å². The Balaban J connectivity index is 4.30. The van der Waals surface area contributed by atoms with E-state index in [0.29, 0.717) is 5.92 Å². The first kappa shape index (κ1) is 11.4. The molecule has 0 saturated heterocycles. The van der Waals surface area contributed by atoms with E-state index in [9.17, 15) is 0 Å². The van der Waals surface area contributed by atoms with Gasteiger partial charge in [-0.05, 0) is 31.3 Å². The van der Waals surface area contributed by atoms with Crippen LogP contribution in [0.15, 0.2) is 16.6 Å². The Morgan fingerprint density at radius 2 is 2.00 bits per heavy atom. The topological polar surface area (TPSA) is 12.4 Å². The first-order valence-electron chi connectivity index (χ1n) is 4.72. The van der Waals surface area contributed by atoms with E-state index in [4.69, 9.17) is 0 Å². The van der Waals surface area contributed by atoms with Crippen LogP contribution < -0.4 is 0 Å². The Morgan fingerprint density at radius 1 is 1.42 bits per heavy atom. The molecule has 0 aromatic carbocycles. The van der Waals surface area contributed by atoms with Crippen LogP contribution in [0.3, 0.4) is 0 Å². The van der Waals surface area contributed by atoms with Crippen molar-refractivity contribution in [3.8, 4) is 0 Å². The molecule has 0 aliphatic carbocycles. The molecule has 0 radical (unpaired) electrons. The molecule has 0 aliphatic rings. The quantitative estimate of drug-likeness (QED) is 0.570. The fraction of sp³-hybridized carbons (Fsp3) is 0.727. The molecular formula is C11H21N. The minimum absolute atomic E-state index is 0.711. The van der Waals surface area contributed by atoms with E-state index in [-0.39, 0.29) is 0 Å². The second kappa shape index (κ2) is 5.99. The lowest BCUT2D eigenvalue weighted by Crippen LogP contribution is -2.08. The average Bonchev–Trinajstić information content (AvgIpc) is 2.01. The minimum Gasteiger partial charge on any atom is -0.297 e. The minimum atomic E-state index is 0.711. The molecule has 0 fully saturated rings. The molecular weight excluding hydrogens is 146 g/mol. The Kier molecular flexibility index (Phi) is 5.69. The summed E-state index contributed by atoms with van der Waals surface area (Å²) in [6, 6.07) is 0. The largest absolute Gasteiger partial charge is 0.297 e. The lowest BCUT2D eigenvalue weighted by atomic mass is 9.87. The second-order valence-electron chi connectivity index (χ2n) is 3.58. The van der Waals surface area contributed by atoms with Crippen molar-refractivity contribution >= 4 is 6.21 Å². The molecule has 0 rings (SSSR count). The summed E-state index contributed by atoms with van der Waals surface area (Å²) in [7, 11) is 1.81. The van der Waals surface area contributed by atoms with Gasteiger partial charge in [-0.1, -0.05) is 26.3 Å². The normalized spacial score (nSPS) is 16.0. The third kappa shape index (κ3) is 3.70. The first-order chi connectivity index (χ1) is 5.63. The van der Waals surface area contributed by atoms with E-state index < -0.39 is 0 Å². The molecule has 1 heteroatoms. The number of nitrogens with zero attached hydrogens (tertiary/aromatic N) is 1. The Morgan fingerprint density at radius 3 is 2.33 bits per heavy atom. The maximum atomic E-state index is 3.95. The molecule has 0 aliphatic heterocycles. The molecule has 1 unspecified atom stereocenters. The van der Waals surface area contributed by atoms with Crippen molar-refractivity contribution in [1.82, 2.24) is 0 Å². The molecule has 12 heavy (non-hydrogen) atoms. The molecule has 1 atom stereocenters. The molecule has 0 amide bonds. The van der Waals surface area contributed by atoms with E-state index >= 15 is 0 Å². The highest BCUT2D eigenvalue weighted by Crippen LogP contribution is 2.22. The number of aliphatic imine (C=N–C) groups is 1. The standard InChI is InChI=1S/C11H21N/c1-6-11(9(2)3)10(4)7-8-12-5/h7-9,11H,6H2,1-5H3/b10-7+,12-8-. The molecule has 0 bridgehead atoms. The fourth-order valence-electron chi connectivity index (χ4n) is 1.63. The fourth-order valence-corrected chi connectivity index (χ4v) is 1.63. The molecule has 70 valence electrons. The summed E-state index contributed by atoms with van der Waals surface area (Å²) in [5.74, 6) is 1.44. The monoisotopic (exact) mass is 167 g/mol. The molecule has 1 nitrogen and oxygen atoms in total. The number of hydrogen-bond donors (Lipinski definition) is 0. The van der Waals surface area contributed by atoms with Crippen LogP contribution in [0.25, 0.3) is 0 Å². The van der Waals surface area contributed by atoms with Crippen molar-refractivity contribution < 1.29 is 0 Å². The Hall–Kier alpha value is -0.590. The summed E-state index contributed by atoms with van der Waals surface area (Å²) in [6.45, 7) is 8.98. The van der Waals surface area contributed by atoms with Crippen LogP contribution in [0.1, 0.15) is 34.1 Å². The van der Waals surface area contributed by atoms with Crippen LogP contribution >= 0.6 is 0 Å². The van der Waals surface area contributed by atoms with Gasteiger partial charge in [0.25, 0.3) is 0 Å². The van der Waals surface area contributed by atoms with Crippen LogP contribution in [-0.4, -0.2) is 13.3 Å². The van der Waals surface area contributed by atoms with Gasteiger partial charge in [0.2, 0.25) is 0 Å². The average molecular weight is 167 g/mol. The Bertz CT molecular complexity index is 166. The van der Waals surface area contributed by atoms with Crippen molar-refractivity contribution in [2.24, 2.45) is 16.8 Å². The van der Waals surface area contributed by atoms with E-state index in [1.165, 1.54) is 12.0 Å². The predicted octanol–water partition coefficient (Wildman–Crippen LogP) is 3.32. The van der Waals surface area contributed by atoms with E-state index in [1.54, 1.807) is 7.05 Å². The van der Waals surface area contributed by atoms with Gasteiger partial charge >= 0.3 is 0 Å². The number of allylic oxidation sites excluding steroid dienone is 2. The summed E-state index contributed by atoms with van der Waals surface area (Å²) in [5.41, 5.74) is 1.44. The highest BCUT2D eigenvalue weighted by molar-refractivity contribution is 5.71. The third-order valence-electron chi connectivity index (χ3n) is 2.32. The van der Waals surface area contributed by atoms with Crippen LogP contribution in [0.5, 0.6) is 0 Å². The van der Waals surface area contributed by atoms with Crippen LogP contribution in [-0.2, 0) is 0 Å². The van der Waals surface area contributed by atoms with E-state index in [0.717, 1.165) is 5.92 Å². The molecule has 0 saturated carbocycles. The van der Waals surface area contributed by atoms with Crippen molar-refractivity contribution in [3.63, 3.8) is 0 Å². The van der Waals surface area contributed by atoms with Crippen molar-refractivity contribution in [2.45, 2.75) is 34.1 Å². The van der Waals surface area contributed by atoms with E-state index in [2.05, 4.69) is 38.8 Å². The predicted molar refractivity (Wildman–Crippen MR) is 56.8 cm³/mol. The maximum absolute atomic E-state index is 3.95. The van der Waals surface area contributed by atoms with Gasteiger partial charge in [-0.15, -0.1) is 0 Å². The van der Waals surface area contributed by atoms with Crippen molar-refractivity contribution in [2.75, 3.05) is 7.05 Å². The van der Waals surface area contributed by atoms with Crippen molar-refractivity contribution in [1.29, 1.82) is 0 Å². The SMILES string of the molecule is CCC(/C(C)=C/C=N\C)C(C)C. The van der Waals surface area contributed by atoms with Gasteiger partial charge in [0, 0.05) is 13.3 Å². The summed E-state index contributed by atoms with van der Waals surface area (Å²) < 4.78 is 0. The van der Waals surface area contributed by atoms with Gasteiger partial charge in [-0.25, -0.2) is 0 Å². The van der Waals surface area contributed by atoms with Crippen LogP contribution in [0.4, 0.5) is 0 Å². The lowest BCUT2D eigenvalue weighted by Gasteiger charge is -2.19. The smallest absolute Gasteiger partial charge is 0.0277 e. The van der Waals surface area contributed by atoms with Gasteiger partial charge in [-0.2, -0.15) is 0 Å². The van der Waals surface area contributed by atoms with E-state index in [1.807, 2.05) is 6.21 Å². The van der Waals surface area contributed by atoms with Crippen molar-refractivity contribution in [3.05, 3.63) is 11.6 Å². The first-order valence-corrected chi connectivity index (χ1v) is 4.72. The van der Waals surface area contributed by atoms with Gasteiger partial charge in [0.15, 0.2) is 0 Å². The summed E-state index contributed by atoms with van der Waals surface area (Å²) in [5, 5.41) is 0. The molecule has 0 N–H and O–H groups in total. The van der Waals surface area contributed by atoms with Gasteiger partial charge in [0.05, 0.1) is 0 Å². The molecule has 0 spiro atoms. The number of rotatable bonds is 4. The molecule has 0 aromatic rings. The van der Waals surface area contributed by atoms with Crippen LogP contribution in [0, 0.1) is 11.8 Å². The summed E-state index contributed by atoms with van der Waals surface area (Å²) in [6.07, 6.45) is 5.21. The maximum Gasteiger partial charge on any atom is 0.0277 e. The zero-order chi connectivity index (χ0) is 9.56. The van der Waals surface area contributed by atoms with Gasteiger partial charge < -0.3 is 0 Å². The summed E-state index contributed by atoms with van der Waals surface area (Å²) >= 11 is 0. The highest BCUT2D eigenvalue weighted by Gasteiger charge is 2.11. The third-order valence-corrected chi connectivity index (χ3v) is 2.32. The summed E-state index contributed by atoms with van der Waals surface area (Å²) in [4.78, 5) is 3.95. The Labute approximate surface area is 76.6 Å². The second-order valence-corrected chi connectivity index (χ2v) is 3.58.